The number of nitrogens with two attached hydrogens (primary N) is 1. The number of nitrogen functional groups attached to an aromatic ring is 1. The van der Waals surface area contributed by atoms with E-state index >= 15 is 0 Å². The minimum atomic E-state index is -0.319. The van der Waals surface area contributed by atoms with Crippen molar-refractivity contribution in [2.75, 3.05) is 51.4 Å². The van der Waals surface area contributed by atoms with Crippen LogP contribution in [0.1, 0.15) is 36.8 Å². The molecule has 10 nitrogen and oxygen atoms in total. The van der Waals surface area contributed by atoms with Crippen molar-refractivity contribution in [2.24, 2.45) is 7.05 Å². The molecule has 1 aliphatic rings. The van der Waals surface area contributed by atoms with E-state index < -0.39 is 0 Å². The van der Waals surface area contributed by atoms with E-state index in [0.29, 0.717) is 59.8 Å². The molecule has 0 atom stereocenters. The fourth-order valence-electron chi connectivity index (χ4n) is 5.94. The van der Waals surface area contributed by atoms with Crippen LogP contribution in [0.25, 0.3) is 21.5 Å². The Morgan fingerprint density at radius 2 is 1.78 bits per heavy atom. The van der Waals surface area contributed by atoms with E-state index in [1.807, 2.05) is 85.9 Å². The molecule has 0 fully saturated rings. The molecule has 10 heteroatoms. The summed E-state index contributed by atoms with van der Waals surface area (Å²) in [6, 6.07) is 22.7. The minimum Gasteiger partial charge on any atom is -0.496 e. The van der Waals surface area contributed by atoms with Crippen LogP contribution in [-0.4, -0.2) is 72.4 Å². The zero-order valence-electron chi connectivity index (χ0n) is 25.6. The Hall–Kier alpha value is -5.35. The summed E-state index contributed by atoms with van der Waals surface area (Å²) in [5.74, 6) is -0.192. The Balaban J connectivity index is 1.07. The molecule has 1 aromatic heterocycles. The van der Waals surface area contributed by atoms with Gasteiger partial charge in [0.05, 0.1) is 18.4 Å². The Morgan fingerprint density at radius 1 is 0.956 bits per heavy atom. The lowest BCUT2D eigenvalue weighted by Gasteiger charge is -2.30. The average Bonchev–Trinajstić information content (AvgIpc) is 3.41. The molecule has 6 rings (SSSR count). The maximum Gasteiger partial charge on any atom is 0.268 e. The molecule has 2 heterocycles. The normalized spacial score (nSPS) is 12.8. The number of aromatic nitrogens is 1. The summed E-state index contributed by atoms with van der Waals surface area (Å²) in [4.78, 5) is 43.7. The van der Waals surface area contributed by atoms with Crippen LogP contribution < -0.4 is 21.1 Å². The van der Waals surface area contributed by atoms with Gasteiger partial charge in [-0.25, -0.2) is 0 Å². The third-order valence-corrected chi connectivity index (χ3v) is 8.31. The molecule has 0 bridgehead atoms. The van der Waals surface area contributed by atoms with Crippen molar-refractivity contribution in [3.05, 3.63) is 101 Å². The van der Waals surface area contributed by atoms with Crippen molar-refractivity contribution < 1.29 is 19.1 Å². The number of aryl methyl sites for hydroxylation is 1. The van der Waals surface area contributed by atoms with Crippen LogP contribution in [0.3, 0.4) is 0 Å². The van der Waals surface area contributed by atoms with E-state index in [1.54, 1.807) is 23.8 Å². The van der Waals surface area contributed by atoms with Gasteiger partial charge >= 0.3 is 0 Å². The van der Waals surface area contributed by atoms with Gasteiger partial charge in [-0.15, -0.1) is 0 Å². The number of nitrogens with zero attached hydrogens (tertiary/aromatic N) is 3. The van der Waals surface area contributed by atoms with Gasteiger partial charge in [0.1, 0.15) is 11.4 Å². The van der Waals surface area contributed by atoms with Gasteiger partial charge in [0, 0.05) is 68.0 Å². The quantitative estimate of drug-likeness (QED) is 0.115. The number of imide groups is 1. The van der Waals surface area contributed by atoms with E-state index in [2.05, 4.69) is 10.6 Å². The molecule has 0 spiro atoms. The van der Waals surface area contributed by atoms with Crippen LogP contribution in [0.4, 0.5) is 11.4 Å². The molecule has 4 N–H and O–H groups in total. The molecule has 230 valence electrons. The Kier molecular flexibility index (Phi) is 8.14. The number of ether oxygens (including phenoxy) is 1. The van der Waals surface area contributed by atoms with Gasteiger partial charge in [0.15, 0.2) is 0 Å². The van der Waals surface area contributed by atoms with Crippen molar-refractivity contribution >= 4 is 50.6 Å². The number of likely N-dealkylation sites (N-methyl/N-ethyl adjacent to an activating group) is 1. The third kappa shape index (κ3) is 5.80. The first kappa shape index (κ1) is 29.7. The Labute approximate surface area is 261 Å². The second-order valence-electron chi connectivity index (χ2n) is 11.4. The van der Waals surface area contributed by atoms with Gasteiger partial charge in [-0.1, -0.05) is 36.4 Å². The highest BCUT2D eigenvalue weighted by Gasteiger charge is 2.35. The number of carbonyl (C=O) groups is 3. The molecular weight excluding hydrogens is 568 g/mol. The lowest BCUT2D eigenvalue weighted by molar-refractivity contribution is 0.0599. The van der Waals surface area contributed by atoms with Gasteiger partial charge < -0.3 is 30.6 Å². The smallest absolute Gasteiger partial charge is 0.268 e. The highest BCUT2D eigenvalue weighted by molar-refractivity contribution is 6.31. The van der Waals surface area contributed by atoms with Crippen LogP contribution in [-0.2, 0) is 13.6 Å². The summed E-state index contributed by atoms with van der Waals surface area (Å²) in [5.41, 5.74) is 10.0. The summed E-state index contributed by atoms with van der Waals surface area (Å²) in [6.45, 7) is 2.21. The number of amides is 3. The number of hydrogen-bond acceptors (Lipinski definition) is 7. The molecule has 3 amide bonds. The summed E-state index contributed by atoms with van der Waals surface area (Å²) in [6.07, 6.45) is 1.87. The van der Waals surface area contributed by atoms with E-state index in [9.17, 15) is 14.4 Å². The summed E-state index contributed by atoms with van der Waals surface area (Å²) in [5, 5.41) is 9.41. The SMILES string of the molecule is COc1ccc2c3c(c4ccccc4cc13)C(=O)N(CCN(C)CCNC(=O)c1cc(NCc3cccc(N)c3)cn1C)C2=O. The minimum absolute atomic E-state index is 0.184. The highest BCUT2D eigenvalue weighted by atomic mass is 16.5. The lowest BCUT2D eigenvalue weighted by Crippen LogP contribution is -2.45. The van der Waals surface area contributed by atoms with Crippen LogP contribution in [0, 0.1) is 0 Å². The van der Waals surface area contributed by atoms with E-state index in [-0.39, 0.29) is 24.3 Å². The third-order valence-electron chi connectivity index (χ3n) is 8.31. The standard InChI is InChI=1S/C35H36N6O4/c1-39(14-13-37-33(42)29-19-25(21-40(29)2)38-20-22-7-6-9-24(36)17-22)15-16-41-34(43)27-11-12-30(45-3)28-18-23-8-4-5-10-26(23)32(31(27)28)35(41)44/h4-12,17-19,21,38H,13-16,20,36H2,1-3H3,(H,37,42). The van der Waals surface area contributed by atoms with Crippen molar-refractivity contribution in [3.63, 3.8) is 0 Å². The second kappa shape index (κ2) is 12.3. The van der Waals surface area contributed by atoms with Crippen molar-refractivity contribution in [1.29, 1.82) is 0 Å². The summed E-state index contributed by atoms with van der Waals surface area (Å²) < 4.78 is 7.36. The number of anilines is 2. The fourth-order valence-corrected chi connectivity index (χ4v) is 5.94. The largest absolute Gasteiger partial charge is 0.496 e. The summed E-state index contributed by atoms with van der Waals surface area (Å²) in [7, 11) is 5.32. The van der Waals surface area contributed by atoms with Crippen LogP contribution >= 0.6 is 0 Å². The predicted octanol–water partition coefficient (Wildman–Crippen LogP) is 4.49. The number of fused-ring (bicyclic) bond motifs is 2. The topological polar surface area (TPSA) is 122 Å². The number of benzene rings is 4. The molecular formula is C35H36N6O4. The van der Waals surface area contributed by atoms with Gasteiger partial charge in [-0.05, 0) is 59.8 Å². The van der Waals surface area contributed by atoms with E-state index in [0.717, 1.165) is 27.4 Å². The molecule has 45 heavy (non-hydrogen) atoms. The average molecular weight is 605 g/mol. The number of methoxy groups -OCH3 is 1. The number of hydrogen-bond donors (Lipinski definition) is 3. The second-order valence-corrected chi connectivity index (χ2v) is 11.4. The molecule has 1 aliphatic heterocycles. The number of rotatable bonds is 11. The zero-order valence-corrected chi connectivity index (χ0v) is 25.6. The van der Waals surface area contributed by atoms with Crippen molar-refractivity contribution in [3.8, 4) is 5.75 Å². The first-order chi connectivity index (χ1) is 21.7. The van der Waals surface area contributed by atoms with Gasteiger partial charge in [0.2, 0.25) is 0 Å². The number of carbonyl (C=O) groups excluding carboxylic acids is 3. The maximum atomic E-state index is 13.9. The van der Waals surface area contributed by atoms with Gasteiger partial charge in [-0.2, -0.15) is 0 Å². The molecule has 0 radical (unpaired) electrons. The van der Waals surface area contributed by atoms with Crippen LogP contribution in [0.5, 0.6) is 5.75 Å². The van der Waals surface area contributed by atoms with E-state index in [4.69, 9.17) is 10.5 Å². The van der Waals surface area contributed by atoms with E-state index in [1.165, 1.54) is 4.90 Å². The Bertz CT molecular complexity index is 1950. The fraction of sp³-hybridized carbons (Fsp3) is 0.229. The lowest BCUT2D eigenvalue weighted by atomic mass is 9.89. The van der Waals surface area contributed by atoms with Crippen LogP contribution in [0.15, 0.2) is 79.0 Å². The van der Waals surface area contributed by atoms with Crippen molar-refractivity contribution in [2.45, 2.75) is 6.54 Å². The molecule has 0 saturated heterocycles. The Morgan fingerprint density at radius 3 is 2.58 bits per heavy atom. The first-order valence-electron chi connectivity index (χ1n) is 14.8. The highest BCUT2D eigenvalue weighted by Crippen LogP contribution is 2.39. The zero-order chi connectivity index (χ0) is 31.7. The maximum absolute atomic E-state index is 13.9. The van der Waals surface area contributed by atoms with Gasteiger partial charge in [-0.3, -0.25) is 19.3 Å². The predicted molar refractivity (Wildman–Crippen MR) is 177 cm³/mol. The molecule has 0 unspecified atom stereocenters. The van der Waals surface area contributed by atoms with Crippen molar-refractivity contribution in [1.82, 2.24) is 19.7 Å². The molecule has 4 aromatic carbocycles. The molecule has 5 aromatic rings. The van der Waals surface area contributed by atoms with Crippen LogP contribution in [0.2, 0.25) is 0 Å². The van der Waals surface area contributed by atoms with Gasteiger partial charge in [0.25, 0.3) is 17.7 Å². The molecule has 0 saturated carbocycles. The summed E-state index contributed by atoms with van der Waals surface area (Å²) >= 11 is 0. The monoisotopic (exact) mass is 604 g/mol. The molecule has 0 aliphatic carbocycles. The number of nitrogens with one attached hydrogen (secondary N) is 2. The first-order valence-corrected chi connectivity index (χ1v) is 14.8.